The molecule has 3 aromatic rings. The molecule has 0 aliphatic heterocycles. The zero-order chi connectivity index (χ0) is 19.8. The molecule has 3 rings (SSSR count). The summed E-state index contributed by atoms with van der Waals surface area (Å²) in [6.45, 7) is 2.34. The number of rotatable bonds is 8. The molecule has 0 saturated carbocycles. The van der Waals surface area contributed by atoms with Gasteiger partial charge < -0.3 is 10.1 Å². The fraction of sp³-hybridized carbons (Fsp3) is 0.167. The van der Waals surface area contributed by atoms with Gasteiger partial charge in [0, 0.05) is 12.1 Å². The summed E-state index contributed by atoms with van der Waals surface area (Å²) in [5, 5.41) is 2.95. The number of para-hydroxylation sites is 1. The van der Waals surface area contributed by atoms with Crippen LogP contribution in [0.15, 0.2) is 78.9 Å². The molecule has 1 amide bonds. The lowest BCUT2D eigenvalue weighted by Crippen LogP contribution is -2.30. The molecule has 0 fully saturated rings. The van der Waals surface area contributed by atoms with Gasteiger partial charge in [-0.3, -0.25) is 9.59 Å². The zero-order valence-electron chi connectivity index (χ0n) is 15.8. The highest BCUT2D eigenvalue weighted by Gasteiger charge is 2.19. The molecule has 1 N–H and O–H groups in total. The topological polar surface area (TPSA) is 55.4 Å². The molecule has 4 nitrogen and oxygen atoms in total. The summed E-state index contributed by atoms with van der Waals surface area (Å²) in [4.78, 5) is 24.1. The van der Waals surface area contributed by atoms with Crippen LogP contribution in [0, 0.1) is 0 Å². The zero-order valence-corrected chi connectivity index (χ0v) is 15.8. The van der Waals surface area contributed by atoms with Crippen molar-refractivity contribution in [2.45, 2.75) is 19.3 Å². The predicted molar refractivity (Wildman–Crippen MR) is 110 cm³/mol. The standard InChI is InChI=1S/C24H23NO3/c1-18(24(27)25-15-14-19-8-4-2-5-9-19)23-16-22(13-12-20(23)17-26)28-21-10-6-3-7-11-21/h2-13,16-18H,14-15H2,1H3,(H,25,27). The Labute approximate surface area is 165 Å². The van der Waals surface area contributed by atoms with Crippen molar-refractivity contribution in [3.63, 3.8) is 0 Å². The van der Waals surface area contributed by atoms with Gasteiger partial charge in [-0.05, 0) is 54.8 Å². The van der Waals surface area contributed by atoms with E-state index < -0.39 is 5.92 Å². The Morgan fingerprint density at radius 1 is 0.964 bits per heavy atom. The maximum atomic E-state index is 12.6. The Hall–Kier alpha value is -3.40. The molecular weight excluding hydrogens is 350 g/mol. The van der Waals surface area contributed by atoms with Crippen LogP contribution in [0.4, 0.5) is 0 Å². The highest BCUT2D eigenvalue weighted by molar-refractivity contribution is 5.88. The van der Waals surface area contributed by atoms with E-state index in [0.717, 1.165) is 12.7 Å². The summed E-state index contributed by atoms with van der Waals surface area (Å²) in [5.74, 6) is 0.717. The van der Waals surface area contributed by atoms with Crippen molar-refractivity contribution in [2.75, 3.05) is 6.54 Å². The van der Waals surface area contributed by atoms with Crippen LogP contribution in [0.1, 0.15) is 34.3 Å². The maximum Gasteiger partial charge on any atom is 0.227 e. The van der Waals surface area contributed by atoms with Gasteiger partial charge in [0.25, 0.3) is 0 Å². The molecule has 1 unspecified atom stereocenters. The average molecular weight is 373 g/mol. The Morgan fingerprint density at radius 3 is 2.32 bits per heavy atom. The smallest absolute Gasteiger partial charge is 0.227 e. The minimum absolute atomic E-state index is 0.115. The summed E-state index contributed by atoms with van der Waals surface area (Å²) in [5.41, 5.74) is 2.31. The average Bonchev–Trinajstić information content (AvgIpc) is 2.74. The van der Waals surface area contributed by atoms with Gasteiger partial charge in [0.2, 0.25) is 5.91 Å². The minimum Gasteiger partial charge on any atom is -0.457 e. The van der Waals surface area contributed by atoms with Crippen molar-refractivity contribution in [3.05, 3.63) is 95.6 Å². The van der Waals surface area contributed by atoms with Crippen molar-refractivity contribution in [3.8, 4) is 11.5 Å². The molecule has 0 bridgehead atoms. The van der Waals surface area contributed by atoms with Crippen molar-refractivity contribution < 1.29 is 14.3 Å². The van der Waals surface area contributed by atoms with Crippen molar-refractivity contribution in [1.29, 1.82) is 0 Å². The quantitative estimate of drug-likeness (QED) is 0.580. The van der Waals surface area contributed by atoms with E-state index in [1.165, 1.54) is 5.56 Å². The first kappa shape index (κ1) is 19.4. The molecule has 142 valence electrons. The van der Waals surface area contributed by atoms with E-state index in [4.69, 9.17) is 4.74 Å². The number of nitrogens with one attached hydrogen (secondary N) is 1. The third-order valence-electron chi connectivity index (χ3n) is 4.58. The molecule has 0 saturated heterocycles. The van der Waals surface area contributed by atoms with Crippen molar-refractivity contribution >= 4 is 12.2 Å². The van der Waals surface area contributed by atoms with Gasteiger partial charge in [0.05, 0.1) is 5.92 Å². The van der Waals surface area contributed by atoms with Gasteiger partial charge in [-0.25, -0.2) is 0 Å². The van der Waals surface area contributed by atoms with Gasteiger partial charge in [-0.1, -0.05) is 48.5 Å². The highest BCUT2D eigenvalue weighted by Crippen LogP contribution is 2.27. The van der Waals surface area contributed by atoms with E-state index in [9.17, 15) is 9.59 Å². The molecular formula is C24H23NO3. The van der Waals surface area contributed by atoms with Crippen LogP contribution in [0.25, 0.3) is 0 Å². The predicted octanol–water partition coefficient (Wildman–Crippen LogP) is 4.75. The van der Waals surface area contributed by atoms with Crippen LogP contribution in [0.5, 0.6) is 11.5 Å². The molecule has 3 aromatic carbocycles. The van der Waals surface area contributed by atoms with Crippen LogP contribution in [0.3, 0.4) is 0 Å². The maximum absolute atomic E-state index is 12.6. The summed E-state index contributed by atoms with van der Waals surface area (Å²) in [6, 6.07) is 24.6. The minimum atomic E-state index is -0.463. The Balaban J connectivity index is 1.68. The summed E-state index contributed by atoms with van der Waals surface area (Å²) >= 11 is 0. The largest absolute Gasteiger partial charge is 0.457 e. The Kier molecular flexibility index (Phi) is 6.58. The first-order valence-electron chi connectivity index (χ1n) is 9.31. The number of hydrogen-bond acceptors (Lipinski definition) is 3. The lowest BCUT2D eigenvalue weighted by atomic mass is 9.95. The second kappa shape index (κ2) is 9.51. The number of benzene rings is 3. The third kappa shape index (κ3) is 5.07. The molecule has 4 heteroatoms. The van der Waals surface area contributed by atoms with Crippen molar-refractivity contribution in [2.24, 2.45) is 0 Å². The Bertz CT molecular complexity index is 923. The number of hydrogen-bond donors (Lipinski definition) is 1. The summed E-state index contributed by atoms with van der Waals surface area (Å²) < 4.78 is 5.84. The number of amides is 1. The normalized spacial score (nSPS) is 11.5. The molecule has 0 aromatic heterocycles. The Morgan fingerprint density at radius 2 is 1.64 bits per heavy atom. The SMILES string of the molecule is CC(C(=O)NCCc1ccccc1)c1cc(Oc2ccccc2)ccc1C=O. The molecule has 0 aliphatic rings. The van der Waals surface area contributed by atoms with Gasteiger partial charge in [0.1, 0.15) is 17.8 Å². The van der Waals surface area contributed by atoms with Crippen LogP contribution < -0.4 is 10.1 Å². The number of aldehydes is 1. The number of carbonyl (C=O) groups is 2. The van der Waals surface area contributed by atoms with E-state index in [1.54, 1.807) is 25.1 Å². The van der Waals surface area contributed by atoms with Gasteiger partial charge in [-0.2, -0.15) is 0 Å². The van der Waals surface area contributed by atoms with Crippen LogP contribution in [0.2, 0.25) is 0 Å². The lowest BCUT2D eigenvalue weighted by Gasteiger charge is -2.16. The van der Waals surface area contributed by atoms with Crippen LogP contribution >= 0.6 is 0 Å². The van der Waals surface area contributed by atoms with E-state index >= 15 is 0 Å². The number of ether oxygens (including phenoxy) is 1. The fourth-order valence-corrected chi connectivity index (χ4v) is 2.99. The first-order valence-corrected chi connectivity index (χ1v) is 9.31. The monoisotopic (exact) mass is 373 g/mol. The van der Waals surface area contributed by atoms with Crippen LogP contribution in [-0.4, -0.2) is 18.7 Å². The fourth-order valence-electron chi connectivity index (χ4n) is 2.99. The third-order valence-corrected chi connectivity index (χ3v) is 4.58. The molecule has 1 atom stereocenters. The van der Waals surface area contributed by atoms with E-state index in [2.05, 4.69) is 5.32 Å². The van der Waals surface area contributed by atoms with Crippen LogP contribution in [-0.2, 0) is 11.2 Å². The highest BCUT2D eigenvalue weighted by atomic mass is 16.5. The second-order valence-corrected chi connectivity index (χ2v) is 6.57. The summed E-state index contributed by atoms with van der Waals surface area (Å²) in [6.07, 6.45) is 1.53. The lowest BCUT2D eigenvalue weighted by molar-refractivity contribution is -0.122. The molecule has 28 heavy (non-hydrogen) atoms. The van der Waals surface area contributed by atoms with Gasteiger partial charge in [0.15, 0.2) is 0 Å². The second-order valence-electron chi connectivity index (χ2n) is 6.57. The molecule has 0 heterocycles. The molecule has 0 spiro atoms. The van der Waals surface area contributed by atoms with E-state index in [1.807, 2.05) is 60.7 Å². The molecule has 0 radical (unpaired) electrons. The van der Waals surface area contributed by atoms with E-state index in [0.29, 0.717) is 29.2 Å². The summed E-state index contributed by atoms with van der Waals surface area (Å²) in [7, 11) is 0. The van der Waals surface area contributed by atoms with Gasteiger partial charge >= 0.3 is 0 Å². The number of carbonyl (C=O) groups excluding carboxylic acids is 2. The molecule has 0 aliphatic carbocycles. The van der Waals surface area contributed by atoms with Crippen molar-refractivity contribution in [1.82, 2.24) is 5.32 Å². The first-order chi connectivity index (χ1) is 13.7. The van der Waals surface area contributed by atoms with E-state index in [-0.39, 0.29) is 5.91 Å². The van der Waals surface area contributed by atoms with Gasteiger partial charge in [-0.15, -0.1) is 0 Å².